The standard InChI is InChI=1S/C21H18N2O2/c1-3-16-8-5-10-18(14-16)22-20(24)12-7-13-21(25)23-19-11-6-9-17(4-2)15-19/h1-2,5-6,8-11,14-15H,7,12-13H2,(H,22,24)(H,23,25). The van der Waals surface area contributed by atoms with Crippen LogP contribution in [0.4, 0.5) is 11.4 Å². The molecule has 0 unspecified atom stereocenters. The summed E-state index contributed by atoms with van der Waals surface area (Å²) in [4.78, 5) is 23.8. The highest BCUT2D eigenvalue weighted by atomic mass is 16.2. The van der Waals surface area contributed by atoms with Crippen molar-refractivity contribution in [2.24, 2.45) is 0 Å². The van der Waals surface area contributed by atoms with E-state index in [2.05, 4.69) is 22.5 Å². The summed E-state index contributed by atoms with van der Waals surface area (Å²) in [5, 5.41) is 5.53. The lowest BCUT2D eigenvalue weighted by Gasteiger charge is -2.07. The lowest BCUT2D eigenvalue weighted by Crippen LogP contribution is -2.15. The van der Waals surface area contributed by atoms with Crippen molar-refractivity contribution in [2.45, 2.75) is 19.3 Å². The maximum absolute atomic E-state index is 11.9. The van der Waals surface area contributed by atoms with E-state index in [0.717, 1.165) is 0 Å². The van der Waals surface area contributed by atoms with Gasteiger partial charge in [-0.1, -0.05) is 24.0 Å². The van der Waals surface area contributed by atoms with Gasteiger partial charge in [-0.3, -0.25) is 9.59 Å². The molecule has 0 spiro atoms. The molecule has 0 saturated carbocycles. The normalized spacial score (nSPS) is 9.52. The molecule has 4 heteroatoms. The Balaban J connectivity index is 1.76. The van der Waals surface area contributed by atoms with E-state index >= 15 is 0 Å². The monoisotopic (exact) mass is 330 g/mol. The molecule has 25 heavy (non-hydrogen) atoms. The van der Waals surface area contributed by atoms with Crippen LogP contribution in [-0.2, 0) is 9.59 Å². The third kappa shape index (κ3) is 5.89. The van der Waals surface area contributed by atoms with Crippen LogP contribution < -0.4 is 10.6 Å². The van der Waals surface area contributed by atoms with Crippen LogP contribution in [0.15, 0.2) is 48.5 Å². The van der Waals surface area contributed by atoms with E-state index in [9.17, 15) is 9.59 Å². The van der Waals surface area contributed by atoms with Crippen molar-refractivity contribution in [1.29, 1.82) is 0 Å². The fraction of sp³-hybridized carbons (Fsp3) is 0.143. The average molecular weight is 330 g/mol. The van der Waals surface area contributed by atoms with Gasteiger partial charge in [-0.15, -0.1) is 12.8 Å². The molecule has 2 aromatic rings. The third-order valence-electron chi connectivity index (χ3n) is 3.43. The van der Waals surface area contributed by atoms with Gasteiger partial charge in [0.1, 0.15) is 0 Å². The first kappa shape index (κ1) is 17.8. The summed E-state index contributed by atoms with van der Waals surface area (Å²) in [7, 11) is 0. The first-order valence-corrected chi connectivity index (χ1v) is 7.84. The van der Waals surface area contributed by atoms with Crippen LogP contribution in [0, 0.1) is 24.7 Å². The molecule has 0 heterocycles. The summed E-state index contributed by atoms with van der Waals surface area (Å²) in [6.45, 7) is 0. The first-order chi connectivity index (χ1) is 12.1. The Bertz CT molecular complexity index is 785. The quantitative estimate of drug-likeness (QED) is 0.798. The van der Waals surface area contributed by atoms with Crippen molar-refractivity contribution < 1.29 is 9.59 Å². The van der Waals surface area contributed by atoms with Gasteiger partial charge in [-0.05, 0) is 42.8 Å². The Labute approximate surface area is 147 Å². The molecule has 0 aromatic heterocycles. The molecule has 0 saturated heterocycles. The molecule has 2 amide bonds. The number of nitrogens with one attached hydrogen (secondary N) is 2. The van der Waals surface area contributed by atoms with E-state index in [0.29, 0.717) is 28.9 Å². The first-order valence-electron chi connectivity index (χ1n) is 7.84. The molecular formula is C21H18N2O2. The lowest BCUT2D eigenvalue weighted by molar-refractivity contribution is -0.117. The van der Waals surface area contributed by atoms with Gasteiger partial charge in [-0.25, -0.2) is 0 Å². The highest BCUT2D eigenvalue weighted by Crippen LogP contribution is 2.12. The number of amides is 2. The molecule has 2 aromatic carbocycles. The van der Waals surface area contributed by atoms with Crippen molar-refractivity contribution in [1.82, 2.24) is 0 Å². The molecule has 0 aliphatic heterocycles. The molecule has 2 N–H and O–H groups in total. The number of hydrogen-bond acceptors (Lipinski definition) is 2. The van der Waals surface area contributed by atoms with Crippen LogP contribution in [-0.4, -0.2) is 11.8 Å². The van der Waals surface area contributed by atoms with Crippen molar-refractivity contribution in [3.05, 3.63) is 59.7 Å². The molecule has 0 aliphatic rings. The summed E-state index contributed by atoms with van der Waals surface area (Å²) >= 11 is 0. The number of anilines is 2. The summed E-state index contributed by atoms with van der Waals surface area (Å²) in [5.41, 5.74) is 2.70. The predicted octanol–water partition coefficient (Wildman–Crippen LogP) is 3.40. The molecule has 4 nitrogen and oxygen atoms in total. The van der Waals surface area contributed by atoms with Gasteiger partial charge in [0.25, 0.3) is 0 Å². The van der Waals surface area contributed by atoms with Crippen molar-refractivity contribution in [2.75, 3.05) is 10.6 Å². The van der Waals surface area contributed by atoms with E-state index in [1.54, 1.807) is 48.5 Å². The third-order valence-corrected chi connectivity index (χ3v) is 3.43. The van der Waals surface area contributed by atoms with Gasteiger partial charge in [0.2, 0.25) is 11.8 Å². The number of terminal acetylenes is 2. The van der Waals surface area contributed by atoms with Crippen molar-refractivity contribution in [3.8, 4) is 24.7 Å². The maximum Gasteiger partial charge on any atom is 0.224 e. The van der Waals surface area contributed by atoms with Gasteiger partial charge in [0.15, 0.2) is 0 Å². The van der Waals surface area contributed by atoms with Gasteiger partial charge >= 0.3 is 0 Å². The second-order valence-electron chi connectivity index (χ2n) is 5.40. The SMILES string of the molecule is C#Cc1cccc(NC(=O)CCCC(=O)Nc2cccc(C#C)c2)c1. The van der Waals surface area contributed by atoms with Gasteiger partial charge < -0.3 is 10.6 Å². The molecule has 0 aliphatic carbocycles. The minimum absolute atomic E-state index is 0.156. The number of hydrogen-bond donors (Lipinski definition) is 2. The van der Waals surface area contributed by atoms with Crippen LogP contribution >= 0.6 is 0 Å². The van der Waals surface area contributed by atoms with Crippen LogP contribution in [0.5, 0.6) is 0 Å². The topological polar surface area (TPSA) is 58.2 Å². The number of rotatable bonds is 6. The van der Waals surface area contributed by atoms with E-state index in [4.69, 9.17) is 12.8 Å². The fourth-order valence-electron chi connectivity index (χ4n) is 2.23. The van der Waals surface area contributed by atoms with Gasteiger partial charge in [-0.2, -0.15) is 0 Å². The molecule has 0 radical (unpaired) electrons. The Hall–Kier alpha value is -3.50. The molecule has 0 fully saturated rings. The van der Waals surface area contributed by atoms with Crippen molar-refractivity contribution in [3.63, 3.8) is 0 Å². The number of benzene rings is 2. The van der Waals surface area contributed by atoms with Gasteiger partial charge in [0.05, 0.1) is 0 Å². The summed E-state index contributed by atoms with van der Waals surface area (Å²) in [5.74, 6) is 4.71. The highest BCUT2D eigenvalue weighted by Gasteiger charge is 2.07. The zero-order valence-corrected chi connectivity index (χ0v) is 13.7. The van der Waals surface area contributed by atoms with E-state index in [-0.39, 0.29) is 24.7 Å². The van der Waals surface area contributed by atoms with Crippen LogP contribution in [0.25, 0.3) is 0 Å². The highest BCUT2D eigenvalue weighted by molar-refractivity contribution is 5.93. The number of carbonyl (C=O) groups excluding carboxylic acids is 2. The summed E-state index contributed by atoms with van der Waals surface area (Å²) in [6.07, 6.45) is 11.6. The molecular weight excluding hydrogens is 312 g/mol. The smallest absolute Gasteiger partial charge is 0.224 e. The van der Waals surface area contributed by atoms with Crippen LogP contribution in [0.1, 0.15) is 30.4 Å². The number of carbonyl (C=O) groups is 2. The molecule has 0 atom stereocenters. The fourth-order valence-corrected chi connectivity index (χ4v) is 2.23. The van der Waals surface area contributed by atoms with E-state index < -0.39 is 0 Å². The molecule has 124 valence electrons. The Morgan fingerprint density at radius 3 is 1.64 bits per heavy atom. The second kappa shape index (κ2) is 8.96. The Morgan fingerprint density at radius 2 is 1.24 bits per heavy atom. The largest absolute Gasteiger partial charge is 0.326 e. The zero-order valence-electron chi connectivity index (χ0n) is 13.7. The zero-order chi connectivity index (χ0) is 18.1. The van der Waals surface area contributed by atoms with Gasteiger partial charge in [0, 0.05) is 35.3 Å². The predicted molar refractivity (Wildman–Crippen MR) is 99.9 cm³/mol. The lowest BCUT2D eigenvalue weighted by atomic mass is 10.2. The van der Waals surface area contributed by atoms with Crippen LogP contribution in [0.3, 0.4) is 0 Å². The summed E-state index contributed by atoms with van der Waals surface area (Å²) < 4.78 is 0. The average Bonchev–Trinajstić information content (AvgIpc) is 2.62. The van der Waals surface area contributed by atoms with Crippen LogP contribution in [0.2, 0.25) is 0 Å². The molecule has 0 bridgehead atoms. The van der Waals surface area contributed by atoms with E-state index in [1.807, 2.05) is 0 Å². The summed E-state index contributed by atoms with van der Waals surface area (Å²) in [6, 6.07) is 14.1. The Kier molecular flexibility index (Phi) is 6.39. The molecule has 2 rings (SSSR count). The minimum Gasteiger partial charge on any atom is -0.326 e. The van der Waals surface area contributed by atoms with Crippen molar-refractivity contribution >= 4 is 23.2 Å². The van der Waals surface area contributed by atoms with E-state index in [1.165, 1.54) is 0 Å². The second-order valence-corrected chi connectivity index (χ2v) is 5.40. The Morgan fingerprint density at radius 1 is 0.800 bits per heavy atom. The maximum atomic E-state index is 11.9. The minimum atomic E-state index is -0.156.